The smallest absolute Gasteiger partial charge is 0.249 e. The number of halogens is 5. The second-order valence-electron chi connectivity index (χ2n) is 9.17. The molecule has 1 aromatic heterocycles. The third-order valence-corrected chi connectivity index (χ3v) is 8.38. The molecule has 0 saturated carbocycles. The number of rotatable bonds is 7. The van der Waals surface area contributed by atoms with Crippen molar-refractivity contribution in [2.24, 2.45) is 0 Å². The number of sulfonamides is 1. The van der Waals surface area contributed by atoms with E-state index in [1.165, 1.54) is 6.33 Å². The van der Waals surface area contributed by atoms with Crippen molar-refractivity contribution in [2.75, 3.05) is 24.1 Å². The van der Waals surface area contributed by atoms with Gasteiger partial charge in [-0.05, 0) is 42.7 Å². The molecule has 2 heterocycles. The molecule has 14 heteroatoms. The number of nitrogens with zero attached hydrogens (tertiary/aromatic N) is 3. The monoisotopic (exact) mass is 591 g/mol. The van der Waals surface area contributed by atoms with Gasteiger partial charge in [-0.3, -0.25) is 0 Å². The van der Waals surface area contributed by atoms with Crippen LogP contribution in [0.4, 0.5) is 33.6 Å². The Bertz CT molecular complexity index is 1660. The molecule has 1 unspecified atom stereocenters. The van der Waals surface area contributed by atoms with E-state index >= 15 is 0 Å². The first-order chi connectivity index (χ1) is 19.6. The lowest BCUT2D eigenvalue weighted by molar-refractivity contribution is 0.316. The fraction of sp³-hybridized carbons (Fsp3) is 0.185. The molecule has 1 aliphatic heterocycles. The second kappa shape index (κ2) is 11.3. The minimum absolute atomic E-state index is 0.126. The molecular weight excluding hydrogens is 569 g/mol. The number of para-hydroxylation sites is 1. The van der Waals surface area contributed by atoms with Gasteiger partial charge >= 0.3 is 0 Å². The fourth-order valence-corrected chi connectivity index (χ4v) is 6.16. The number of anilines is 2. The summed E-state index contributed by atoms with van der Waals surface area (Å²) in [6.07, 6.45) is 1.85. The Labute approximate surface area is 231 Å². The van der Waals surface area contributed by atoms with Crippen molar-refractivity contribution in [3.63, 3.8) is 0 Å². The molecule has 1 atom stereocenters. The van der Waals surface area contributed by atoms with Gasteiger partial charge in [0.25, 0.3) is 0 Å². The highest BCUT2D eigenvalue weighted by atomic mass is 32.2. The molecule has 0 amide bonds. The summed E-state index contributed by atoms with van der Waals surface area (Å²) in [5.74, 6) is -10.4. The molecule has 0 radical (unpaired) electrons. The van der Waals surface area contributed by atoms with E-state index in [1.54, 1.807) is 36.4 Å². The number of aromatic nitrogens is 2. The standard InChI is InChI=1S/C27H22F5N5O3S/c28-20-21(29)23(31)25(24(32)22(20)30)41(38,39)37-12-4-5-16(13-37)36-27-19(26(33)34-14-35-27)15-8-10-18(11-9-15)40-17-6-2-1-3-7-17/h1-3,6-11,14,16H,4-5,12-13H2,(H3,33,34,35,36). The van der Waals surface area contributed by atoms with Crippen molar-refractivity contribution >= 4 is 21.7 Å². The van der Waals surface area contributed by atoms with Crippen LogP contribution in [0.3, 0.4) is 0 Å². The first kappa shape index (κ1) is 28.2. The molecule has 0 bridgehead atoms. The van der Waals surface area contributed by atoms with Gasteiger partial charge in [-0.15, -0.1) is 0 Å². The first-order valence-electron chi connectivity index (χ1n) is 12.3. The molecule has 0 aliphatic carbocycles. The molecule has 0 spiro atoms. The molecule has 5 rings (SSSR count). The lowest BCUT2D eigenvalue weighted by Crippen LogP contribution is -2.45. The van der Waals surface area contributed by atoms with Crippen LogP contribution in [-0.4, -0.2) is 41.8 Å². The highest BCUT2D eigenvalue weighted by Gasteiger charge is 2.39. The molecule has 4 aromatic rings. The van der Waals surface area contributed by atoms with E-state index in [9.17, 15) is 30.4 Å². The summed E-state index contributed by atoms with van der Waals surface area (Å²) >= 11 is 0. The number of nitrogens with two attached hydrogens (primary N) is 1. The minimum Gasteiger partial charge on any atom is -0.457 e. The van der Waals surface area contributed by atoms with Crippen LogP contribution in [0, 0.1) is 29.1 Å². The molecule has 1 fully saturated rings. The number of hydrogen-bond acceptors (Lipinski definition) is 7. The van der Waals surface area contributed by atoms with Gasteiger partial charge in [0.2, 0.25) is 15.8 Å². The summed E-state index contributed by atoms with van der Waals surface area (Å²) in [4.78, 5) is 6.40. The zero-order chi connectivity index (χ0) is 29.3. The van der Waals surface area contributed by atoms with Crippen LogP contribution in [0.2, 0.25) is 0 Å². The highest BCUT2D eigenvalue weighted by Crippen LogP contribution is 2.35. The third kappa shape index (κ3) is 5.52. The van der Waals surface area contributed by atoms with Crippen LogP contribution in [-0.2, 0) is 10.0 Å². The number of ether oxygens (including phenoxy) is 1. The van der Waals surface area contributed by atoms with Gasteiger partial charge in [0.15, 0.2) is 28.2 Å². The Morgan fingerprint density at radius 3 is 2.12 bits per heavy atom. The van der Waals surface area contributed by atoms with Crippen LogP contribution in [0.15, 0.2) is 65.8 Å². The van der Waals surface area contributed by atoms with Gasteiger partial charge in [-0.2, -0.15) is 4.31 Å². The van der Waals surface area contributed by atoms with Crippen LogP contribution in [0.25, 0.3) is 11.1 Å². The van der Waals surface area contributed by atoms with E-state index in [0.717, 1.165) is 0 Å². The van der Waals surface area contributed by atoms with Crippen LogP contribution in [0.1, 0.15) is 12.8 Å². The maximum atomic E-state index is 14.4. The lowest BCUT2D eigenvalue weighted by Gasteiger charge is -2.33. The van der Waals surface area contributed by atoms with Gasteiger partial charge in [-0.25, -0.2) is 40.3 Å². The molecule has 3 N–H and O–H groups in total. The van der Waals surface area contributed by atoms with Gasteiger partial charge in [-0.1, -0.05) is 30.3 Å². The zero-order valence-corrected chi connectivity index (χ0v) is 21.9. The van der Waals surface area contributed by atoms with Gasteiger partial charge in [0.1, 0.15) is 29.5 Å². The molecule has 1 saturated heterocycles. The molecular formula is C27H22F5N5O3S. The van der Waals surface area contributed by atoms with Gasteiger partial charge < -0.3 is 15.8 Å². The largest absolute Gasteiger partial charge is 0.457 e. The van der Waals surface area contributed by atoms with Crippen LogP contribution >= 0.6 is 0 Å². The third-order valence-electron chi connectivity index (χ3n) is 6.49. The van der Waals surface area contributed by atoms with Crippen LogP contribution < -0.4 is 15.8 Å². The Hall–Kier alpha value is -4.30. The van der Waals surface area contributed by atoms with Crippen molar-refractivity contribution in [1.82, 2.24) is 14.3 Å². The minimum atomic E-state index is -5.09. The maximum absolute atomic E-state index is 14.4. The lowest BCUT2D eigenvalue weighted by atomic mass is 10.0. The van der Waals surface area contributed by atoms with Crippen molar-refractivity contribution in [2.45, 2.75) is 23.8 Å². The molecule has 8 nitrogen and oxygen atoms in total. The Morgan fingerprint density at radius 1 is 0.854 bits per heavy atom. The molecule has 214 valence electrons. The Kier molecular flexibility index (Phi) is 7.78. The second-order valence-corrected chi connectivity index (χ2v) is 11.0. The summed E-state index contributed by atoms with van der Waals surface area (Å²) in [5, 5.41) is 3.09. The van der Waals surface area contributed by atoms with E-state index in [4.69, 9.17) is 10.5 Å². The predicted octanol–water partition coefficient (Wildman–Crippen LogP) is 5.48. The van der Waals surface area contributed by atoms with Gasteiger partial charge in [0, 0.05) is 19.1 Å². The SMILES string of the molecule is Nc1ncnc(NC2CCCN(S(=O)(=O)c3c(F)c(F)c(F)c(F)c3F)C2)c1-c1ccc(Oc2ccccc2)cc1. The number of nitrogen functional groups attached to an aromatic ring is 1. The van der Waals surface area contributed by atoms with Gasteiger partial charge in [0.05, 0.1) is 5.56 Å². The van der Waals surface area contributed by atoms with Crippen molar-refractivity contribution in [1.29, 1.82) is 0 Å². The number of benzene rings is 3. The summed E-state index contributed by atoms with van der Waals surface area (Å²) < 4.78 is 102. The molecule has 41 heavy (non-hydrogen) atoms. The predicted molar refractivity (Wildman–Crippen MR) is 140 cm³/mol. The number of hydrogen-bond donors (Lipinski definition) is 2. The topological polar surface area (TPSA) is 110 Å². The number of piperidine rings is 1. The normalized spacial score (nSPS) is 16.0. The maximum Gasteiger partial charge on any atom is 0.249 e. The van der Waals surface area contributed by atoms with E-state index in [2.05, 4.69) is 15.3 Å². The van der Waals surface area contributed by atoms with E-state index in [0.29, 0.717) is 33.4 Å². The summed E-state index contributed by atoms with van der Waals surface area (Å²) in [6, 6.07) is 15.4. The summed E-state index contributed by atoms with van der Waals surface area (Å²) in [7, 11) is -5.09. The Balaban J connectivity index is 1.39. The fourth-order valence-electron chi connectivity index (χ4n) is 4.52. The van der Waals surface area contributed by atoms with Crippen LogP contribution in [0.5, 0.6) is 11.5 Å². The van der Waals surface area contributed by atoms with Crippen molar-refractivity contribution < 1.29 is 35.1 Å². The quantitative estimate of drug-likeness (QED) is 0.166. The summed E-state index contributed by atoms with van der Waals surface area (Å²) in [6.45, 7) is -0.531. The average molecular weight is 592 g/mol. The number of nitrogens with one attached hydrogen (secondary N) is 1. The molecule has 1 aliphatic rings. The first-order valence-corrected chi connectivity index (χ1v) is 13.7. The average Bonchev–Trinajstić information content (AvgIpc) is 2.96. The van der Waals surface area contributed by atoms with Crippen molar-refractivity contribution in [3.05, 3.63) is 90.0 Å². The Morgan fingerprint density at radius 2 is 1.46 bits per heavy atom. The molecule has 3 aromatic carbocycles. The van der Waals surface area contributed by atoms with E-state index in [-0.39, 0.29) is 31.1 Å². The van der Waals surface area contributed by atoms with Crippen molar-refractivity contribution in [3.8, 4) is 22.6 Å². The van der Waals surface area contributed by atoms with E-state index < -0.39 is 50.0 Å². The zero-order valence-electron chi connectivity index (χ0n) is 21.1. The summed E-state index contributed by atoms with van der Waals surface area (Å²) in [5.41, 5.74) is 7.19. The van der Waals surface area contributed by atoms with E-state index in [1.807, 2.05) is 18.2 Å². The highest BCUT2D eigenvalue weighted by molar-refractivity contribution is 7.89.